The van der Waals surface area contributed by atoms with E-state index in [1.807, 2.05) is 49.4 Å². The summed E-state index contributed by atoms with van der Waals surface area (Å²) in [6.07, 6.45) is 3.21. The molecule has 0 bridgehead atoms. The smallest absolute Gasteiger partial charge is 0.244 e. The van der Waals surface area contributed by atoms with Crippen molar-refractivity contribution in [3.63, 3.8) is 0 Å². The van der Waals surface area contributed by atoms with Crippen molar-refractivity contribution in [3.8, 4) is 0 Å². The Morgan fingerprint density at radius 3 is 2.64 bits per heavy atom. The third kappa shape index (κ3) is 5.31. The first kappa shape index (κ1) is 17.5. The van der Waals surface area contributed by atoms with E-state index in [9.17, 15) is 4.79 Å². The molecule has 0 aliphatic carbocycles. The SMILES string of the molecule is Cc1ccc(/C=C/C(=O)NC(CN2CCOCC2)c2ccccc2)o1. The largest absolute Gasteiger partial charge is 0.462 e. The third-order valence-electron chi connectivity index (χ3n) is 4.22. The lowest BCUT2D eigenvalue weighted by atomic mass is 10.1. The number of ether oxygens (including phenoxy) is 1. The van der Waals surface area contributed by atoms with Crippen molar-refractivity contribution in [2.75, 3.05) is 32.8 Å². The highest BCUT2D eigenvalue weighted by Crippen LogP contribution is 2.15. The Bertz CT molecular complexity index is 703. The molecule has 1 unspecified atom stereocenters. The first-order valence-corrected chi connectivity index (χ1v) is 8.61. The van der Waals surface area contributed by atoms with Gasteiger partial charge in [-0.05, 0) is 30.7 Å². The number of carbonyl (C=O) groups is 1. The standard InChI is InChI=1S/C20H24N2O3/c1-16-7-8-18(25-16)9-10-20(23)21-19(17-5-3-2-4-6-17)15-22-11-13-24-14-12-22/h2-10,19H,11-15H2,1H3,(H,21,23)/b10-9+. The molecule has 1 amide bonds. The second-order valence-corrected chi connectivity index (χ2v) is 6.17. The van der Waals surface area contributed by atoms with Crippen LogP contribution in [0.2, 0.25) is 0 Å². The molecule has 5 nitrogen and oxygen atoms in total. The van der Waals surface area contributed by atoms with Crippen molar-refractivity contribution in [2.24, 2.45) is 0 Å². The van der Waals surface area contributed by atoms with E-state index >= 15 is 0 Å². The second-order valence-electron chi connectivity index (χ2n) is 6.17. The summed E-state index contributed by atoms with van der Waals surface area (Å²) in [5.41, 5.74) is 1.10. The zero-order valence-corrected chi connectivity index (χ0v) is 14.5. The summed E-state index contributed by atoms with van der Waals surface area (Å²) < 4.78 is 10.9. The van der Waals surface area contributed by atoms with Crippen LogP contribution >= 0.6 is 0 Å². The highest BCUT2D eigenvalue weighted by atomic mass is 16.5. The molecule has 0 spiro atoms. The monoisotopic (exact) mass is 340 g/mol. The molecule has 2 heterocycles. The summed E-state index contributed by atoms with van der Waals surface area (Å²) in [5, 5.41) is 3.11. The lowest BCUT2D eigenvalue weighted by molar-refractivity contribution is -0.117. The summed E-state index contributed by atoms with van der Waals surface area (Å²) in [4.78, 5) is 14.7. The Hall–Kier alpha value is -2.37. The maximum absolute atomic E-state index is 12.4. The topological polar surface area (TPSA) is 54.7 Å². The zero-order valence-electron chi connectivity index (χ0n) is 14.5. The number of morpholine rings is 1. The minimum Gasteiger partial charge on any atom is -0.462 e. The van der Waals surface area contributed by atoms with Gasteiger partial charge in [0.05, 0.1) is 19.3 Å². The zero-order chi connectivity index (χ0) is 17.5. The Morgan fingerprint density at radius 2 is 1.96 bits per heavy atom. The van der Waals surface area contributed by atoms with E-state index in [0.29, 0.717) is 5.76 Å². The normalized spacial score (nSPS) is 16.8. The average Bonchev–Trinajstić information content (AvgIpc) is 3.06. The fourth-order valence-corrected chi connectivity index (χ4v) is 2.88. The molecule has 1 aromatic carbocycles. The van der Waals surface area contributed by atoms with Crippen LogP contribution in [0.3, 0.4) is 0 Å². The molecule has 1 saturated heterocycles. The number of hydrogen-bond donors (Lipinski definition) is 1. The van der Waals surface area contributed by atoms with Crippen LogP contribution in [0, 0.1) is 6.92 Å². The molecule has 1 aliphatic rings. The Labute approximate surface area is 148 Å². The summed E-state index contributed by atoms with van der Waals surface area (Å²) >= 11 is 0. The minimum absolute atomic E-state index is 0.0604. The Morgan fingerprint density at radius 1 is 1.20 bits per heavy atom. The molecule has 2 aromatic rings. The van der Waals surface area contributed by atoms with Gasteiger partial charge in [0.15, 0.2) is 0 Å². The number of nitrogens with one attached hydrogen (secondary N) is 1. The highest BCUT2D eigenvalue weighted by molar-refractivity contribution is 5.91. The molecule has 1 N–H and O–H groups in total. The number of benzene rings is 1. The molecule has 5 heteroatoms. The van der Waals surface area contributed by atoms with E-state index in [4.69, 9.17) is 9.15 Å². The van der Waals surface area contributed by atoms with Crippen molar-refractivity contribution in [1.82, 2.24) is 10.2 Å². The molecular formula is C20H24N2O3. The molecule has 1 atom stereocenters. The van der Waals surface area contributed by atoms with E-state index in [2.05, 4.69) is 10.2 Å². The van der Waals surface area contributed by atoms with Gasteiger partial charge in [-0.2, -0.15) is 0 Å². The van der Waals surface area contributed by atoms with Crippen molar-refractivity contribution >= 4 is 12.0 Å². The van der Waals surface area contributed by atoms with Crippen LogP contribution in [-0.2, 0) is 9.53 Å². The van der Waals surface area contributed by atoms with Crippen LogP contribution in [0.4, 0.5) is 0 Å². The Balaban J connectivity index is 1.66. The van der Waals surface area contributed by atoms with Crippen LogP contribution in [0.25, 0.3) is 6.08 Å². The highest BCUT2D eigenvalue weighted by Gasteiger charge is 2.19. The van der Waals surface area contributed by atoms with E-state index in [1.54, 1.807) is 6.08 Å². The minimum atomic E-state index is -0.129. The fraction of sp³-hybridized carbons (Fsp3) is 0.350. The predicted octanol–water partition coefficient (Wildman–Crippen LogP) is 2.79. The van der Waals surface area contributed by atoms with Crippen LogP contribution in [0.1, 0.15) is 23.1 Å². The molecule has 0 radical (unpaired) electrons. The lowest BCUT2D eigenvalue weighted by Crippen LogP contribution is -2.42. The van der Waals surface area contributed by atoms with Gasteiger partial charge in [-0.3, -0.25) is 9.69 Å². The molecule has 1 aliphatic heterocycles. The van der Waals surface area contributed by atoms with Crippen LogP contribution in [0.15, 0.2) is 53.0 Å². The van der Waals surface area contributed by atoms with Gasteiger partial charge in [0, 0.05) is 25.7 Å². The van der Waals surface area contributed by atoms with Crippen molar-refractivity contribution < 1.29 is 13.9 Å². The quantitative estimate of drug-likeness (QED) is 0.822. The summed E-state index contributed by atoms with van der Waals surface area (Å²) in [5.74, 6) is 1.38. The number of carbonyl (C=O) groups excluding carboxylic acids is 1. The van der Waals surface area contributed by atoms with Crippen molar-refractivity contribution in [2.45, 2.75) is 13.0 Å². The van der Waals surface area contributed by atoms with Crippen LogP contribution in [-0.4, -0.2) is 43.7 Å². The van der Waals surface area contributed by atoms with E-state index in [1.165, 1.54) is 6.08 Å². The second kappa shape index (κ2) is 8.65. The first-order chi connectivity index (χ1) is 12.2. The molecule has 25 heavy (non-hydrogen) atoms. The number of aryl methyl sites for hydroxylation is 1. The predicted molar refractivity (Wildman–Crippen MR) is 97.1 cm³/mol. The lowest BCUT2D eigenvalue weighted by Gasteiger charge is -2.30. The van der Waals surface area contributed by atoms with Crippen LogP contribution in [0.5, 0.6) is 0 Å². The van der Waals surface area contributed by atoms with E-state index in [0.717, 1.165) is 44.2 Å². The van der Waals surface area contributed by atoms with E-state index in [-0.39, 0.29) is 11.9 Å². The summed E-state index contributed by atoms with van der Waals surface area (Å²) in [6.45, 7) is 5.92. The number of hydrogen-bond acceptors (Lipinski definition) is 4. The third-order valence-corrected chi connectivity index (χ3v) is 4.22. The maximum Gasteiger partial charge on any atom is 0.244 e. The molecule has 0 saturated carbocycles. The summed E-state index contributed by atoms with van der Waals surface area (Å²) in [7, 11) is 0. The fourth-order valence-electron chi connectivity index (χ4n) is 2.88. The molecule has 132 valence electrons. The molecular weight excluding hydrogens is 316 g/mol. The maximum atomic E-state index is 12.4. The van der Waals surface area contributed by atoms with Gasteiger partial charge in [-0.15, -0.1) is 0 Å². The number of nitrogens with zero attached hydrogens (tertiary/aromatic N) is 1. The van der Waals surface area contributed by atoms with Gasteiger partial charge >= 0.3 is 0 Å². The van der Waals surface area contributed by atoms with Gasteiger partial charge in [0.2, 0.25) is 5.91 Å². The van der Waals surface area contributed by atoms with Crippen molar-refractivity contribution in [3.05, 3.63) is 65.6 Å². The molecule has 1 aromatic heterocycles. The van der Waals surface area contributed by atoms with Crippen molar-refractivity contribution in [1.29, 1.82) is 0 Å². The number of amides is 1. The van der Waals surface area contributed by atoms with Gasteiger partial charge in [0.1, 0.15) is 11.5 Å². The van der Waals surface area contributed by atoms with Gasteiger partial charge in [-0.1, -0.05) is 30.3 Å². The van der Waals surface area contributed by atoms with Gasteiger partial charge in [-0.25, -0.2) is 0 Å². The van der Waals surface area contributed by atoms with Crippen LogP contribution < -0.4 is 5.32 Å². The first-order valence-electron chi connectivity index (χ1n) is 8.61. The molecule has 3 rings (SSSR count). The van der Waals surface area contributed by atoms with E-state index < -0.39 is 0 Å². The number of furan rings is 1. The molecule has 1 fully saturated rings. The average molecular weight is 340 g/mol. The summed E-state index contributed by atoms with van der Waals surface area (Å²) in [6, 6.07) is 13.7. The van der Waals surface area contributed by atoms with Gasteiger partial charge < -0.3 is 14.5 Å². The van der Waals surface area contributed by atoms with Gasteiger partial charge in [0.25, 0.3) is 0 Å². The Kier molecular flexibility index (Phi) is 6.04. The number of rotatable bonds is 6.